The normalized spacial score (nSPS) is 26.4. The molecule has 7 saturated heterocycles. The van der Waals surface area contributed by atoms with Gasteiger partial charge >= 0.3 is 69.7 Å². The lowest BCUT2D eigenvalue weighted by atomic mass is 9.92. The summed E-state index contributed by atoms with van der Waals surface area (Å²) in [6.07, 6.45) is -19.1. The van der Waals surface area contributed by atoms with E-state index in [4.69, 9.17) is 42.6 Å². The zero-order valence-corrected chi connectivity index (χ0v) is 84.3. The van der Waals surface area contributed by atoms with Crippen LogP contribution in [0.1, 0.15) is 124 Å². The second-order valence-electron chi connectivity index (χ2n) is 37.1. The van der Waals surface area contributed by atoms with E-state index in [-0.39, 0.29) is 56.6 Å². The molecule has 2 aromatic carbocycles. The molecule has 0 aliphatic carbocycles. The quantitative estimate of drug-likeness (QED) is 0.0196. The fourth-order valence-electron chi connectivity index (χ4n) is 16.2. The smallest absolute Gasteiger partial charge is 0.350 e. The van der Waals surface area contributed by atoms with Crippen molar-refractivity contribution in [2.24, 2.45) is 5.41 Å². The van der Waals surface area contributed by atoms with Crippen molar-refractivity contribution in [2.45, 2.75) is 247 Å². The number of hydrogen-bond donors (Lipinski definition) is 12. The molecule has 12 N–H and O–H groups in total. The average molecular weight is 2140 g/mol. The first-order valence-corrected chi connectivity index (χ1v) is 48.5. The molecule has 19 atom stereocenters. The number of carbonyl (C=O) groups excluding carboxylic acids is 1. The molecule has 0 bridgehead atoms. The summed E-state index contributed by atoms with van der Waals surface area (Å²) in [6, 6.07) is 22.7. The van der Waals surface area contributed by atoms with E-state index < -0.39 is 180 Å². The Kier molecular flexibility index (Phi) is 41.8. The first-order chi connectivity index (χ1) is 69.6. The summed E-state index contributed by atoms with van der Waals surface area (Å²) >= 11 is 1.62. The van der Waals surface area contributed by atoms with Gasteiger partial charge in [0.05, 0.1) is 26.5 Å². The second kappa shape index (κ2) is 51.9. The number of nitrogens with zero attached hydrogens (tertiary/aromatic N) is 13. The number of aryl methyl sites for hydroxylation is 6. The summed E-state index contributed by atoms with van der Waals surface area (Å²) < 4.78 is 224. The minimum absolute atomic E-state index is 0.00578. The van der Waals surface area contributed by atoms with E-state index in [1.54, 1.807) is 95.6 Å². The maximum atomic E-state index is 14.5. The second-order valence-corrected chi connectivity index (χ2v) is 38.1. The van der Waals surface area contributed by atoms with Crippen LogP contribution in [-0.2, 0) is 44.5 Å². The summed E-state index contributed by atoms with van der Waals surface area (Å²) in [5.74, 6) is -19.5. The van der Waals surface area contributed by atoms with Crippen molar-refractivity contribution in [3.8, 4) is 11.5 Å². The van der Waals surface area contributed by atoms with Crippen molar-refractivity contribution < 1.29 is 131 Å². The van der Waals surface area contributed by atoms with Gasteiger partial charge in [0.1, 0.15) is 84.7 Å². The van der Waals surface area contributed by atoms with Crippen LogP contribution in [0, 0.1) is 47.0 Å². The first kappa shape index (κ1) is 119. The van der Waals surface area contributed by atoms with Crippen LogP contribution in [0.3, 0.4) is 0 Å². The van der Waals surface area contributed by atoms with Crippen molar-refractivity contribution in [1.29, 1.82) is 0 Å². The SMILES string of the molecule is COCC(C)NC[C@H]1O[C@@H](n2ccc(C)nc2=O)C(F)(F)[C@@H]1O.COc1ccccc1CNC[C@H]1O[C@@H](n2ccc(C)nc2=O)C(F)(F)[C@@H]1O.COc1ccccc1NC[C@H]1O[C@@H](n2ccc(C)nc2=O)C(F)(F)[C@@H]1O.CSCCNC[C@H]1O[C@@H](n2ccc(C)nc2=O)C(F)(F)[C@@H]1O.Cc1ccn([C@@H]2O[C@H](CNCCC(C)(C)C)[C@@H](O)C2(F)F)c(=O)n1.Cc1ccn([C@@H]2O[C@H](CNCCN3CCCC3=O)[C@@H](O)C2(F)F)c(=O)n1. The molecule has 7 aliphatic rings. The number of hydrogen-bond acceptors (Lipinski definition) is 35. The van der Waals surface area contributed by atoms with Crippen LogP contribution in [0.4, 0.5) is 58.4 Å². The number of aliphatic hydroxyl groups excluding tert-OH is 6. The van der Waals surface area contributed by atoms with Crippen molar-refractivity contribution >= 4 is 23.4 Å². The highest BCUT2D eigenvalue weighted by atomic mass is 32.2. The Morgan fingerprint density at radius 2 is 0.709 bits per heavy atom. The topological polar surface area (TPSA) is 506 Å². The average Bonchev–Trinajstić information content (AvgIpc) is 1.64. The Hall–Kier alpha value is -10.6. The fraction of sp³-hybridized carbons (Fsp3) is 0.606. The lowest BCUT2D eigenvalue weighted by molar-refractivity contribution is -0.140. The van der Waals surface area contributed by atoms with Crippen molar-refractivity contribution in [1.82, 2.24) is 88.8 Å². The minimum atomic E-state index is -3.64. The van der Waals surface area contributed by atoms with Gasteiger partial charge in [-0.3, -0.25) is 32.2 Å². The van der Waals surface area contributed by atoms with E-state index in [1.807, 2.05) is 31.4 Å². The van der Waals surface area contributed by atoms with Gasteiger partial charge in [-0.15, -0.1) is 0 Å². The Balaban J connectivity index is 0.000000182. The summed E-state index contributed by atoms with van der Waals surface area (Å²) in [4.78, 5) is 106. The van der Waals surface area contributed by atoms with Gasteiger partial charge in [0.25, 0.3) is 0 Å². The van der Waals surface area contributed by atoms with E-state index in [0.717, 1.165) is 33.3 Å². The number of aromatic nitrogens is 12. The van der Waals surface area contributed by atoms with Crippen molar-refractivity contribution in [3.05, 3.63) is 225 Å². The van der Waals surface area contributed by atoms with Crippen LogP contribution in [0.5, 0.6) is 11.5 Å². The third kappa shape index (κ3) is 29.6. The van der Waals surface area contributed by atoms with E-state index in [1.165, 1.54) is 87.8 Å². The predicted octanol–water partition coefficient (Wildman–Crippen LogP) is 4.41. The molecule has 54 heteroatoms. The number of para-hydroxylation sites is 3. The number of benzene rings is 2. The van der Waals surface area contributed by atoms with E-state index in [2.05, 4.69) is 82.6 Å². The number of carbonyl (C=O) groups is 1. The Labute approximate surface area is 845 Å². The molecule has 148 heavy (non-hydrogen) atoms. The van der Waals surface area contributed by atoms with E-state index in [0.29, 0.717) is 122 Å². The largest absolute Gasteiger partial charge is 0.496 e. The number of anilines is 1. The molecule has 0 saturated carbocycles. The number of thioether (sulfide) groups is 1. The van der Waals surface area contributed by atoms with Crippen LogP contribution in [0.25, 0.3) is 0 Å². The molecular formula is C94H127F12N19O22S. The first-order valence-electron chi connectivity index (χ1n) is 47.1. The lowest BCUT2D eigenvalue weighted by Gasteiger charge is -2.21. The van der Waals surface area contributed by atoms with Crippen LogP contribution in [0.2, 0.25) is 0 Å². The van der Waals surface area contributed by atoms with E-state index in [9.17, 15) is 117 Å². The molecule has 7 fully saturated rings. The molecule has 820 valence electrons. The minimum Gasteiger partial charge on any atom is -0.496 e. The van der Waals surface area contributed by atoms with Gasteiger partial charge in [-0.25, -0.2) is 28.8 Å². The summed E-state index contributed by atoms with van der Waals surface area (Å²) in [5, 5.41) is 77.3. The van der Waals surface area contributed by atoms with Crippen molar-refractivity contribution in [3.63, 3.8) is 0 Å². The number of nitrogens with one attached hydrogen (secondary N) is 6. The van der Waals surface area contributed by atoms with Crippen LogP contribution >= 0.6 is 11.8 Å². The highest BCUT2D eigenvalue weighted by Crippen LogP contribution is 2.48. The summed E-state index contributed by atoms with van der Waals surface area (Å²) in [5.41, 5.74) is -1.03. The predicted molar refractivity (Wildman–Crippen MR) is 511 cm³/mol. The van der Waals surface area contributed by atoms with Crippen LogP contribution in [0.15, 0.2) is 151 Å². The fourth-order valence-corrected chi connectivity index (χ4v) is 16.6. The Morgan fingerprint density at radius 3 is 1.01 bits per heavy atom. The lowest BCUT2D eigenvalue weighted by Crippen LogP contribution is -2.44. The van der Waals surface area contributed by atoms with Gasteiger partial charge in [0.2, 0.25) is 43.3 Å². The zero-order valence-electron chi connectivity index (χ0n) is 83.5. The number of likely N-dealkylation sites (tertiary alicyclic amines) is 1. The summed E-state index contributed by atoms with van der Waals surface area (Å²) in [6.45, 7) is 21.1. The van der Waals surface area contributed by atoms with Gasteiger partial charge in [0.15, 0.2) is 0 Å². The van der Waals surface area contributed by atoms with Gasteiger partial charge in [-0.1, -0.05) is 51.1 Å². The maximum absolute atomic E-state index is 14.5. The molecule has 1 unspecified atom stereocenters. The van der Waals surface area contributed by atoms with Crippen molar-refractivity contribution in [2.75, 3.05) is 117 Å². The van der Waals surface area contributed by atoms with Crippen LogP contribution in [-0.4, -0.2) is 326 Å². The Morgan fingerprint density at radius 1 is 0.412 bits per heavy atom. The molecule has 6 aromatic heterocycles. The van der Waals surface area contributed by atoms with Gasteiger partial charge in [-0.2, -0.15) is 94.4 Å². The standard InChI is InChI=1S/C18H21F2N3O4.C17H19F2N3O4.C16H22F2N4O4.C16H25F2N3O3.C14H21F2N3O4.C13H19F2N3O3S/c1-11-7-8-23(17(25)22-11)16-18(19,20)15(24)14(27-16)10-21-9-12-5-3-4-6-13(12)26-2;1-10-7-8-22(16(24)21-10)15-17(18,19)14(23)13(26-15)9-20-11-5-3-4-6-12(11)25-2;1-10-4-7-22(15(25)20-10)14-16(17,18)13(24)11(26-14)9-19-5-8-21-6-2-3-12(21)23;1-10-5-8-21(14(23)20-10)13-16(17,18)12(22)11(24-13)9-19-7-6-15(2,3)4;1-8-4-5-19(13(21)18-8)12-14(15,16)11(20)10(23-12)6-17-9(2)7-22-3;1-8-3-5-18(12(20)17-8)11-13(14,15)10(19)9(21-11)7-16-4-6-22-2/h3-8,14-16,21,24H,9-10H2,1-2H3;3-8,13-15,20,23H,9H2,1-2H3;4,7,11,13-14,19,24H,2-3,5-6,8-9H2,1H3;5,8,11-13,19,22H,6-7,9H2,1-4H3;4-5,9-12,17,20H,6-7H2,1-3H3;3,5,9-11,16,19H,4,6-7H2,1-2H3/t14-,15-,16-;13-,14-,15-;11-,13-,14-;11-,12-,13-;9?,10-,11-,12-;9-,10-,11-/m111111/s1. The van der Waals surface area contributed by atoms with Gasteiger partial charge in [0, 0.05) is 174 Å². The monoisotopic (exact) mass is 2130 g/mol. The third-order valence-corrected chi connectivity index (χ3v) is 25.1. The van der Waals surface area contributed by atoms with Crippen LogP contribution < -0.4 is 75.5 Å². The number of amides is 1. The summed E-state index contributed by atoms with van der Waals surface area (Å²) in [7, 11) is 4.56. The molecule has 15 rings (SSSR count). The maximum Gasteiger partial charge on any atom is 0.350 e. The number of halogens is 12. The molecule has 41 nitrogen and oxygen atoms in total. The highest BCUT2D eigenvalue weighted by molar-refractivity contribution is 7.98. The van der Waals surface area contributed by atoms with Gasteiger partial charge < -0.3 is 110 Å². The number of aliphatic hydroxyl groups is 6. The molecule has 7 aliphatic heterocycles. The van der Waals surface area contributed by atoms with E-state index >= 15 is 0 Å². The number of methoxy groups -OCH3 is 3. The number of rotatable bonds is 34. The highest BCUT2D eigenvalue weighted by Gasteiger charge is 2.65. The molecule has 13 heterocycles. The third-order valence-electron chi connectivity index (χ3n) is 24.4. The Bertz CT molecular complexity index is 6060. The molecule has 8 aromatic rings. The number of ether oxygens (including phenoxy) is 9. The van der Waals surface area contributed by atoms with Gasteiger partial charge in [-0.05, 0) is 134 Å². The molecule has 1 amide bonds. The molecule has 0 spiro atoms. The number of alkyl halides is 12. The zero-order chi connectivity index (χ0) is 109. The molecule has 0 radical (unpaired) electrons. The molecular weight excluding hydrogens is 2010 g/mol.